The van der Waals surface area contributed by atoms with Crippen LogP contribution in [0.15, 0.2) is 12.5 Å². The van der Waals surface area contributed by atoms with Crippen molar-refractivity contribution in [3.05, 3.63) is 12.5 Å². The summed E-state index contributed by atoms with van der Waals surface area (Å²) in [6, 6.07) is 0. The molecule has 2 rings (SSSR count). The van der Waals surface area contributed by atoms with Crippen LogP contribution in [0.2, 0.25) is 0 Å². The van der Waals surface area contributed by atoms with Crippen molar-refractivity contribution in [3.63, 3.8) is 0 Å². The summed E-state index contributed by atoms with van der Waals surface area (Å²) in [5.74, 6) is 0.881. The van der Waals surface area contributed by atoms with E-state index in [2.05, 4.69) is 26.9 Å². The lowest BCUT2D eigenvalue weighted by molar-refractivity contribution is 0.784. The number of nitrogens with two attached hydrogens (primary N) is 1. The lowest BCUT2D eigenvalue weighted by Gasteiger charge is -2.21. The fourth-order valence-electron chi connectivity index (χ4n) is 1.86. The molecule has 0 unspecified atom stereocenters. The van der Waals surface area contributed by atoms with Crippen LogP contribution in [0, 0.1) is 0 Å². The average Bonchev–Trinajstić information content (AvgIpc) is 2.73. The average molecular weight is 264 g/mol. The zero-order valence-electron chi connectivity index (χ0n) is 10.5. The minimum absolute atomic E-state index is 0.518. The lowest BCUT2D eigenvalue weighted by Crippen LogP contribution is -2.28. The minimum atomic E-state index is 0.518. The molecule has 2 aromatic rings. The third kappa shape index (κ3) is 2.40. The Morgan fingerprint density at radius 2 is 2.28 bits per heavy atom. The van der Waals surface area contributed by atoms with Gasteiger partial charge in [0.2, 0.25) is 0 Å². The van der Waals surface area contributed by atoms with Crippen LogP contribution in [0.25, 0.3) is 11.0 Å². The van der Waals surface area contributed by atoms with Gasteiger partial charge in [-0.3, -0.25) is 4.68 Å². The highest BCUT2D eigenvalue weighted by Crippen LogP contribution is 2.21. The number of nitrogens with zero attached hydrogens (tertiary/aromatic N) is 5. The molecule has 0 atom stereocenters. The maximum absolute atomic E-state index is 5.55. The molecule has 18 heavy (non-hydrogen) atoms. The fraction of sp³-hybridized carbons (Fsp3) is 0.455. The SMILES string of the molecule is CCN(CCC(N)=S)c1ncnc2c1cnn2C. The van der Waals surface area contributed by atoms with Gasteiger partial charge in [0.1, 0.15) is 12.1 Å². The quantitative estimate of drug-likeness (QED) is 0.808. The first-order valence-corrected chi connectivity index (χ1v) is 6.20. The first-order chi connectivity index (χ1) is 8.63. The maximum Gasteiger partial charge on any atom is 0.163 e. The number of rotatable bonds is 5. The minimum Gasteiger partial charge on any atom is -0.393 e. The summed E-state index contributed by atoms with van der Waals surface area (Å²) in [6.07, 6.45) is 4.02. The van der Waals surface area contributed by atoms with Crippen LogP contribution >= 0.6 is 12.2 Å². The van der Waals surface area contributed by atoms with E-state index in [1.807, 2.05) is 7.05 Å². The molecule has 2 aromatic heterocycles. The number of aryl methyl sites for hydroxylation is 1. The molecule has 6 nitrogen and oxygen atoms in total. The Hall–Kier alpha value is -1.76. The molecule has 0 saturated carbocycles. The molecule has 0 bridgehead atoms. The first kappa shape index (κ1) is 12.7. The Morgan fingerprint density at radius 1 is 1.50 bits per heavy atom. The van der Waals surface area contributed by atoms with Crippen LogP contribution in [-0.4, -0.2) is 37.8 Å². The van der Waals surface area contributed by atoms with E-state index in [0.717, 1.165) is 29.9 Å². The molecule has 0 amide bonds. The molecular formula is C11H16N6S. The molecule has 0 fully saturated rings. The Morgan fingerprint density at radius 3 is 2.94 bits per heavy atom. The number of thiocarbonyl (C=S) groups is 1. The zero-order chi connectivity index (χ0) is 13.1. The van der Waals surface area contributed by atoms with Gasteiger partial charge in [-0.2, -0.15) is 5.10 Å². The smallest absolute Gasteiger partial charge is 0.163 e. The van der Waals surface area contributed by atoms with E-state index in [1.54, 1.807) is 17.2 Å². The third-order valence-corrected chi connectivity index (χ3v) is 3.02. The van der Waals surface area contributed by atoms with E-state index in [-0.39, 0.29) is 0 Å². The van der Waals surface area contributed by atoms with Crippen molar-refractivity contribution in [1.82, 2.24) is 19.7 Å². The summed E-state index contributed by atoms with van der Waals surface area (Å²) in [7, 11) is 1.87. The largest absolute Gasteiger partial charge is 0.393 e. The van der Waals surface area contributed by atoms with Gasteiger partial charge in [0.05, 0.1) is 16.6 Å². The number of aromatic nitrogens is 4. The number of hydrogen-bond acceptors (Lipinski definition) is 5. The molecule has 0 saturated heterocycles. The summed E-state index contributed by atoms with van der Waals surface area (Å²) in [5, 5.41) is 5.15. The molecule has 0 spiro atoms. The van der Waals surface area contributed by atoms with Gasteiger partial charge in [0.25, 0.3) is 0 Å². The second-order valence-electron chi connectivity index (χ2n) is 4.00. The second kappa shape index (κ2) is 5.26. The Kier molecular flexibility index (Phi) is 3.71. The predicted octanol–water partition coefficient (Wildman–Crippen LogP) is 0.866. The summed E-state index contributed by atoms with van der Waals surface area (Å²) < 4.78 is 1.74. The van der Waals surface area contributed by atoms with Crippen molar-refractivity contribution in [1.29, 1.82) is 0 Å². The number of fused-ring (bicyclic) bond motifs is 1. The zero-order valence-corrected chi connectivity index (χ0v) is 11.3. The molecule has 0 aliphatic heterocycles. The van der Waals surface area contributed by atoms with Gasteiger partial charge in [-0.05, 0) is 6.92 Å². The van der Waals surface area contributed by atoms with E-state index in [9.17, 15) is 0 Å². The Balaban J connectivity index is 2.35. The van der Waals surface area contributed by atoms with Crippen LogP contribution in [0.1, 0.15) is 13.3 Å². The van der Waals surface area contributed by atoms with Crippen LogP contribution < -0.4 is 10.6 Å². The Bertz CT molecular complexity index is 564. The molecule has 7 heteroatoms. The van der Waals surface area contributed by atoms with Gasteiger partial charge in [0, 0.05) is 26.6 Å². The molecule has 0 radical (unpaired) electrons. The highest BCUT2D eigenvalue weighted by Gasteiger charge is 2.13. The molecule has 96 valence electrons. The topological polar surface area (TPSA) is 72.9 Å². The predicted molar refractivity (Wildman–Crippen MR) is 75.6 cm³/mol. The van der Waals surface area contributed by atoms with Crippen LogP contribution in [0.4, 0.5) is 5.82 Å². The third-order valence-electron chi connectivity index (χ3n) is 2.82. The Labute approximate surface area is 111 Å². The van der Waals surface area contributed by atoms with Crippen molar-refractivity contribution < 1.29 is 0 Å². The second-order valence-corrected chi connectivity index (χ2v) is 4.52. The lowest BCUT2D eigenvalue weighted by atomic mass is 10.3. The van der Waals surface area contributed by atoms with Crippen molar-refractivity contribution in [2.24, 2.45) is 12.8 Å². The summed E-state index contributed by atoms with van der Waals surface area (Å²) in [4.78, 5) is 11.2. The van der Waals surface area contributed by atoms with Gasteiger partial charge in [-0.15, -0.1) is 0 Å². The summed E-state index contributed by atoms with van der Waals surface area (Å²) in [5.41, 5.74) is 6.37. The molecule has 0 aromatic carbocycles. The first-order valence-electron chi connectivity index (χ1n) is 5.79. The van der Waals surface area contributed by atoms with Crippen molar-refractivity contribution in [2.45, 2.75) is 13.3 Å². The van der Waals surface area contributed by atoms with Gasteiger partial charge in [-0.25, -0.2) is 9.97 Å². The molecule has 2 N–H and O–H groups in total. The summed E-state index contributed by atoms with van der Waals surface area (Å²) >= 11 is 4.91. The molecule has 0 aliphatic rings. The molecular weight excluding hydrogens is 248 g/mol. The number of hydrogen-bond donors (Lipinski definition) is 1. The van der Waals surface area contributed by atoms with Gasteiger partial charge in [0.15, 0.2) is 5.65 Å². The summed E-state index contributed by atoms with van der Waals surface area (Å²) in [6.45, 7) is 3.67. The van der Waals surface area contributed by atoms with Crippen molar-refractivity contribution >= 4 is 34.1 Å². The van der Waals surface area contributed by atoms with E-state index < -0.39 is 0 Å². The van der Waals surface area contributed by atoms with Gasteiger partial charge >= 0.3 is 0 Å². The fourth-order valence-corrected chi connectivity index (χ4v) is 1.95. The van der Waals surface area contributed by atoms with E-state index >= 15 is 0 Å². The van der Waals surface area contributed by atoms with E-state index in [0.29, 0.717) is 11.4 Å². The normalized spacial score (nSPS) is 10.8. The van der Waals surface area contributed by atoms with Crippen LogP contribution in [0.5, 0.6) is 0 Å². The highest BCUT2D eigenvalue weighted by atomic mass is 32.1. The van der Waals surface area contributed by atoms with E-state index in [1.165, 1.54) is 0 Å². The van der Waals surface area contributed by atoms with Crippen molar-refractivity contribution in [2.75, 3.05) is 18.0 Å². The number of anilines is 1. The maximum atomic E-state index is 5.55. The van der Waals surface area contributed by atoms with Gasteiger partial charge < -0.3 is 10.6 Å². The highest BCUT2D eigenvalue weighted by molar-refractivity contribution is 7.80. The van der Waals surface area contributed by atoms with Crippen molar-refractivity contribution in [3.8, 4) is 0 Å². The van der Waals surface area contributed by atoms with E-state index in [4.69, 9.17) is 18.0 Å². The van der Waals surface area contributed by atoms with Crippen LogP contribution in [-0.2, 0) is 7.05 Å². The van der Waals surface area contributed by atoms with Gasteiger partial charge in [-0.1, -0.05) is 12.2 Å². The molecule has 2 heterocycles. The monoisotopic (exact) mass is 264 g/mol. The molecule has 0 aliphatic carbocycles. The standard InChI is InChI=1S/C11H16N6S/c1-3-17(5-4-9(12)18)11-8-6-15-16(2)10(8)13-7-14-11/h6-7H,3-5H2,1-2H3,(H2,12,18). The van der Waals surface area contributed by atoms with Crippen LogP contribution in [0.3, 0.4) is 0 Å².